The molecular formula is C70H99Cl2N21O4S3. The van der Waals surface area contributed by atoms with Gasteiger partial charge < -0.3 is 57.2 Å². The maximum atomic E-state index is 12.0. The standard InChI is InChI=1S/C16H21ClN6OS.C16H20N6OS.C13H19ClN2O.C12H18N2O.C10H16N2.C3H5N3S/c1-4-23(5-2)12-6-7-13(14(10-12)18-15(24)8-9-17)20-22-16-21-19-11(3)25-16;1-5-15(23)17-14-10-12(22(6-2)7-3)8-9-13(14)19-21-16-20-18-11(4)24-16;1-3-16(4-2)12-7-5-6-11(10-12)15-13(17)8-9-14;1-4-14(5-2)12-8-6-7-11(9-12)13-10(3)15;1-3-12(4-2)10-7-5-6-9(11)8-10;1-2-5-6-3(4)7-2/h6-7,10H,4-5,8-9H2,1-3H3,(H,18,24);5,8-10H,1,6-7H2,2-4H3,(H,17,23);5-7,10H,3-4,8-9H2,1-2H3,(H,15,17);6-9H,4-5H2,1-3H3,(H,13,15);5-8H,3-4,11H2,1-2H3;1H3,(H2,4,6). The van der Waals surface area contributed by atoms with E-state index in [1.165, 1.54) is 52.7 Å². The molecule has 0 aliphatic carbocycles. The van der Waals surface area contributed by atoms with Crippen LogP contribution in [0.25, 0.3) is 0 Å². The number of alkyl halides is 2. The Morgan fingerprint density at radius 2 is 0.810 bits per heavy atom. The number of amides is 4. The summed E-state index contributed by atoms with van der Waals surface area (Å²) >= 11 is 15.3. The van der Waals surface area contributed by atoms with Crippen LogP contribution in [-0.2, 0) is 19.2 Å². The lowest BCUT2D eigenvalue weighted by Gasteiger charge is -2.22. The van der Waals surface area contributed by atoms with Crippen LogP contribution in [0.3, 0.4) is 0 Å². The number of rotatable bonds is 28. The van der Waals surface area contributed by atoms with Gasteiger partial charge >= 0.3 is 0 Å². The molecule has 0 aliphatic heterocycles. The highest BCUT2D eigenvalue weighted by molar-refractivity contribution is 7.15. The quantitative estimate of drug-likeness (QED) is 0.0115. The van der Waals surface area contributed by atoms with E-state index in [0.717, 1.165) is 120 Å². The van der Waals surface area contributed by atoms with Crippen LogP contribution in [0.1, 0.15) is 104 Å². The Balaban J connectivity index is 0.000000323. The van der Waals surface area contributed by atoms with Crippen molar-refractivity contribution in [3.8, 4) is 0 Å². The number of nitrogens with zero attached hydrogens (tertiary/aromatic N) is 15. The van der Waals surface area contributed by atoms with Crippen molar-refractivity contribution < 1.29 is 19.2 Å². The zero-order chi connectivity index (χ0) is 73.9. The molecule has 5 aromatic carbocycles. The van der Waals surface area contributed by atoms with Crippen molar-refractivity contribution in [2.75, 3.05) is 134 Å². The third-order valence-corrected chi connectivity index (χ3v) is 16.7. The van der Waals surface area contributed by atoms with E-state index in [0.29, 0.717) is 50.4 Å². The number of nitrogens with one attached hydrogen (secondary N) is 4. The highest BCUT2D eigenvalue weighted by atomic mass is 35.5. The predicted octanol–water partition coefficient (Wildman–Crippen LogP) is 17.0. The minimum absolute atomic E-state index is 0.0355. The average molecular weight is 1470 g/mol. The highest BCUT2D eigenvalue weighted by Crippen LogP contribution is 2.34. The normalized spacial score (nSPS) is 10.4. The van der Waals surface area contributed by atoms with Crippen molar-refractivity contribution in [2.24, 2.45) is 20.5 Å². The van der Waals surface area contributed by atoms with Crippen molar-refractivity contribution >= 4 is 164 Å². The number of nitrogens with two attached hydrogens (primary N) is 2. The number of aromatic nitrogens is 6. The van der Waals surface area contributed by atoms with Gasteiger partial charge in [-0.2, -0.15) is 0 Å². The molecule has 0 saturated heterocycles. The summed E-state index contributed by atoms with van der Waals surface area (Å²) in [7, 11) is 0. The van der Waals surface area contributed by atoms with Crippen LogP contribution >= 0.6 is 57.2 Å². The molecule has 0 atom stereocenters. The Labute approximate surface area is 612 Å². The van der Waals surface area contributed by atoms with Crippen LogP contribution < -0.4 is 57.2 Å². The second kappa shape index (κ2) is 47.7. The van der Waals surface area contributed by atoms with Crippen molar-refractivity contribution in [1.82, 2.24) is 30.6 Å². The third kappa shape index (κ3) is 31.3. The zero-order valence-electron chi connectivity index (χ0n) is 60.1. The van der Waals surface area contributed by atoms with Gasteiger partial charge in [0.1, 0.15) is 26.4 Å². The summed E-state index contributed by atoms with van der Waals surface area (Å²) in [5.41, 5.74) is 21.2. The van der Waals surface area contributed by atoms with Crippen LogP contribution in [0.5, 0.6) is 0 Å². The summed E-state index contributed by atoms with van der Waals surface area (Å²) in [5, 5.41) is 54.8. The van der Waals surface area contributed by atoms with Gasteiger partial charge in [-0.1, -0.05) is 58.8 Å². The summed E-state index contributed by atoms with van der Waals surface area (Å²) in [6, 6.07) is 35.1. The van der Waals surface area contributed by atoms with E-state index in [1.54, 1.807) is 0 Å². The molecule has 0 bridgehead atoms. The molecule has 0 saturated carbocycles. The Bertz CT molecular complexity index is 3770. The van der Waals surface area contributed by atoms with Gasteiger partial charge in [-0.3, -0.25) is 19.2 Å². The number of aryl methyl sites for hydroxylation is 3. The molecule has 0 fully saturated rings. The topological polar surface area (TPSA) is 311 Å². The number of hydrogen-bond donors (Lipinski definition) is 6. The lowest BCUT2D eigenvalue weighted by molar-refractivity contribution is -0.116. The molecular weight excluding hydrogens is 1370 g/mol. The number of carbonyl (C=O) groups excluding carboxylic acids is 4. The Morgan fingerprint density at radius 1 is 0.450 bits per heavy atom. The van der Waals surface area contributed by atoms with Crippen molar-refractivity contribution in [1.29, 1.82) is 0 Å². The van der Waals surface area contributed by atoms with Crippen molar-refractivity contribution in [3.05, 3.63) is 137 Å². The largest absolute Gasteiger partial charge is 0.399 e. The van der Waals surface area contributed by atoms with Gasteiger partial charge in [0.05, 0.1) is 11.4 Å². The maximum absolute atomic E-state index is 12.0. The molecule has 8 aromatic rings. The molecule has 25 nitrogen and oxygen atoms in total. The maximum Gasteiger partial charge on any atom is 0.251 e. The number of carbonyl (C=O) groups is 4. The molecule has 100 heavy (non-hydrogen) atoms. The summed E-state index contributed by atoms with van der Waals surface area (Å²) in [6.07, 6.45) is 1.80. The van der Waals surface area contributed by atoms with Gasteiger partial charge in [0.25, 0.3) is 10.3 Å². The lowest BCUT2D eigenvalue weighted by Crippen LogP contribution is -2.22. The lowest BCUT2D eigenvalue weighted by atomic mass is 10.2. The van der Waals surface area contributed by atoms with E-state index in [2.05, 4.69) is 185 Å². The van der Waals surface area contributed by atoms with E-state index in [4.69, 9.17) is 34.7 Å². The summed E-state index contributed by atoms with van der Waals surface area (Å²) in [4.78, 5) is 57.1. The number of anilines is 11. The van der Waals surface area contributed by atoms with E-state index in [-0.39, 0.29) is 35.9 Å². The predicted molar refractivity (Wildman–Crippen MR) is 422 cm³/mol. The van der Waals surface area contributed by atoms with Crippen LogP contribution in [0.2, 0.25) is 0 Å². The number of benzene rings is 5. The monoisotopic (exact) mass is 1460 g/mol. The molecule has 3 aromatic heterocycles. The number of nitrogen functional groups attached to an aromatic ring is 2. The first-order valence-corrected chi connectivity index (χ1v) is 36.6. The SMILES string of the molecule is C=CC(=O)Nc1cc(N(CC)CC)ccc1N=Nc1nnc(C)s1.CCN(CC)c1ccc(N=Nc2nnc(C)s2)c(NC(=O)CCCl)c1.CCN(CC)c1cccc(N)c1.CCN(CC)c1cccc(NC(=O)CCCl)c1.CCN(CC)c1cccc(NC(C)=O)c1.Cc1nnc(N)s1. The first kappa shape index (κ1) is 85.0. The fourth-order valence-corrected chi connectivity index (χ4v) is 11.0. The van der Waals surface area contributed by atoms with Crippen LogP contribution in [-0.4, -0.2) is 131 Å². The molecule has 30 heteroatoms. The summed E-state index contributed by atoms with van der Waals surface area (Å²) < 4.78 is 0. The fraction of sp³-hybridized carbons (Fsp3) is 0.400. The first-order chi connectivity index (χ1) is 48.1. The molecule has 0 unspecified atom stereocenters. The van der Waals surface area contributed by atoms with Crippen LogP contribution in [0.15, 0.2) is 142 Å². The molecule has 4 amide bonds. The Hall–Kier alpha value is -9.22. The molecule has 8 N–H and O–H groups in total. The van der Waals surface area contributed by atoms with E-state index in [9.17, 15) is 19.2 Å². The van der Waals surface area contributed by atoms with Crippen LogP contribution in [0, 0.1) is 20.8 Å². The number of halogens is 2. The van der Waals surface area contributed by atoms with E-state index >= 15 is 0 Å². The van der Waals surface area contributed by atoms with Crippen LogP contribution in [0.4, 0.5) is 83.6 Å². The Kier molecular flexibility index (Phi) is 40.6. The minimum Gasteiger partial charge on any atom is -0.399 e. The Morgan fingerprint density at radius 3 is 1.14 bits per heavy atom. The smallest absolute Gasteiger partial charge is 0.251 e. The summed E-state index contributed by atoms with van der Waals surface area (Å²) in [5.74, 6) is 0.0811. The van der Waals surface area contributed by atoms with Gasteiger partial charge in [-0.25, -0.2) is 0 Å². The average Bonchev–Trinajstić information content (AvgIpc) is 1.53. The molecule has 0 spiro atoms. The van der Waals surface area contributed by atoms with Gasteiger partial charge in [0, 0.05) is 142 Å². The third-order valence-electron chi connectivity index (χ3n) is 14.2. The van der Waals surface area contributed by atoms with E-state index < -0.39 is 0 Å². The second-order valence-electron chi connectivity index (χ2n) is 21.1. The molecule has 0 aliphatic rings. The van der Waals surface area contributed by atoms with Gasteiger partial charge in [0.2, 0.25) is 28.8 Å². The van der Waals surface area contributed by atoms with Gasteiger partial charge in [-0.05, 0) is 187 Å². The molecule has 540 valence electrons. The minimum atomic E-state index is -0.296. The van der Waals surface area contributed by atoms with Crippen molar-refractivity contribution in [2.45, 2.75) is 110 Å². The summed E-state index contributed by atoms with van der Waals surface area (Å²) in [6.45, 7) is 41.1. The zero-order valence-corrected chi connectivity index (χ0v) is 64.0. The first-order valence-electron chi connectivity index (χ1n) is 33.1. The number of hydrogen-bond acceptors (Lipinski definition) is 24. The second-order valence-corrected chi connectivity index (χ2v) is 25.4. The molecule has 3 heterocycles. The van der Waals surface area contributed by atoms with Gasteiger partial charge in [0.15, 0.2) is 0 Å². The fourth-order valence-electron chi connectivity index (χ4n) is 9.20. The number of azo groups is 2. The highest BCUT2D eigenvalue weighted by Gasteiger charge is 2.14. The molecule has 8 rings (SSSR count). The van der Waals surface area contributed by atoms with Crippen molar-refractivity contribution in [3.63, 3.8) is 0 Å². The van der Waals surface area contributed by atoms with Gasteiger partial charge in [-0.15, -0.1) is 74.3 Å². The van der Waals surface area contributed by atoms with E-state index in [1.807, 2.05) is 118 Å². The molecule has 0 radical (unpaired) electrons.